The SMILES string of the molecule is CNC(c1cccc(Cl)c1F)c1ncccc1OC. The van der Waals surface area contributed by atoms with E-state index in [9.17, 15) is 4.39 Å². The van der Waals surface area contributed by atoms with Gasteiger partial charge in [0.15, 0.2) is 0 Å². The predicted octanol–water partition coefficient (Wildman–Crippen LogP) is 3.19. The van der Waals surface area contributed by atoms with Crippen LogP contribution in [0.25, 0.3) is 0 Å². The van der Waals surface area contributed by atoms with Crippen LogP contribution < -0.4 is 10.1 Å². The standard InChI is InChI=1S/C14H14ClFN2O/c1-17-13(9-5-3-6-10(15)12(9)16)14-11(19-2)7-4-8-18-14/h3-8,13,17H,1-2H3. The number of pyridine rings is 1. The zero-order chi connectivity index (χ0) is 13.8. The maximum absolute atomic E-state index is 14.1. The van der Waals surface area contributed by atoms with Crippen molar-refractivity contribution in [2.75, 3.05) is 14.2 Å². The first kappa shape index (κ1) is 13.8. The summed E-state index contributed by atoms with van der Waals surface area (Å²) in [6.45, 7) is 0. The Kier molecular flexibility index (Phi) is 4.35. The molecule has 0 bridgehead atoms. The van der Waals surface area contributed by atoms with E-state index in [0.29, 0.717) is 17.0 Å². The van der Waals surface area contributed by atoms with E-state index in [4.69, 9.17) is 16.3 Å². The molecule has 0 spiro atoms. The van der Waals surface area contributed by atoms with Gasteiger partial charge in [-0.25, -0.2) is 4.39 Å². The topological polar surface area (TPSA) is 34.2 Å². The Labute approximate surface area is 116 Å². The van der Waals surface area contributed by atoms with Gasteiger partial charge in [0, 0.05) is 11.8 Å². The number of nitrogens with one attached hydrogen (secondary N) is 1. The van der Waals surface area contributed by atoms with Crippen molar-refractivity contribution in [3.8, 4) is 5.75 Å². The highest BCUT2D eigenvalue weighted by Gasteiger charge is 2.22. The van der Waals surface area contributed by atoms with Crippen LogP contribution in [-0.2, 0) is 0 Å². The summed E-state index contributed by atoms with van der Waals surface area (Å²) in [4.78, 5) is 4.27. The summed E-state index contributed by atoms with van der Waals surface area (Å²) in [5.41, 5.74) is 1.06. The van der Waals surface area contributed by atoms with Crippen LogP contribution in [0.2, 0.25) is 5.02 Å². The van der Waals surface area contributed by atoms with E-state index in [0.717, 1.165) is 0 Å². The Morgan fingerprint density at radius 3 is 2.79 bits per heavy atom. The molecule has 0 aliphatic carbocycles. The molecule has 0 aliphatic heterocycles. The summed E-state index contributed by atoms with van der Waals surface area (Å²) < 4.78 is 19.4. The highest BCUT2D eigenvalue weighted by atomic mass is 35.5. The maximum Gasteiger partial charge on any atom is 0.146 e. The lowest BCUT2D eigenvalue weighted by Crippen LogP contribution is -2.21. The van der Waals surface area contributed by atoms with Gasteiger partial charge in [-0.05, 0) is 25.2 Å². The predicted molar refractivity (Wildman–Crippen MR) is 73.1 cm³/mol. The highest BCUT2D eigenvalue weighted by Crippen LogP contribution is 2.31. The van der Waals surface area contributed by atoms with Crippen molar-refractivity contribution in [1.82, 2.24) is 10.3 Å². The van der Waals surface area contributed by atoms with E-state index in [1.54, 1.807) is 44.6 Å². The van der Waals surface area contributed by atoms with Gasteiger partial charge in [0.25, 0.3) is 0 Å². The average molecular weight is 281 g/mol. The number of methoxy groups -OCH3 is 1. The van der Waals surface area contributed by atoms with Crippen LogP contribution in [0.4, 0.5) is 4.39 Å². The number of rotatable bonds is 4. The fourth-order valence-corrected chi connectivity index (χ4v) is 2.16. The molecule has 1 unspecified atom stereocenters. The van der Waals surface area contributed by atoms with Crippen LogP contribution in [0.5, 0.6) is 5.75 Å². The molecule has 0 saturated heterocycles. The molecule has 100 valence electrons. The minimum atomic E-state index is -0.448. The molecule has 19 heavy (non-hydrogen) atoms. The summed E-state index contributed by atoms with van der Waals surface area (Å²) >= 11 is 5.82. The van der Waals surface area contributed by atoms with E-state index < -0.39 is 11.9 Å². The molecule has 3 nitrogen and oxygen atoms in total. The summed E-state index contributed by atoms with van der Waals surface area (Å²) in [5, 5.41) is 3.13. The molecule has 2 aromatic rings. The fraction of sp³-hybridized carbons (Fsp3) is 0.214. The van der Waals surface area contributed by atoms with Gasteiger partial charge in [-0.15, -0.1) is 0 Å². The molecule has 1 N–H and O–H groups in total. The molecular weight excluding hydrogens is 267 g/mol. The smallest absolute Gasteiger partial charge is 0.146 e. The lowest BCUT2D eigenvalue weighted by molar-refractivity contribution is 0.400. The fourth-order valence-electron chi connectivity index (χ4n) is 1.98. The molecule has 0 radical (unpaired) electrons. The molecule has 1 atom stereocenters. The van der Waals surface area contributed by atoms with Crippen molar-refractivity contribution >= 4 is 11.6 Å². The Balaban J connectivity index is 2.53. The zero-order valence-corrected chi connectivity index (χ0v) is 11.4. The van der Waals surface area contributed by atoms with Crippen molar-refractivity contribution in [3.63, 3.8) is 0 Å². The first-order valence-corrected chi connectivity index (χ1v) is 6.17. The van der Waals surface area contributed by atoms with Gasteiger partial charge in [0.05, 0.1) is 18.2 Å². The van der Waals surface area contributed by atoms with E-state index in [2.05, 4.69) is 10.3 Å². The van der Waals surface area contributed by atoms with Crippen LogP contribution in [0, 0.1) is 5.82 Å². The molecule has 0 fully saturated rings. The lowest BCUT2D eigenvalue weighted by atomic mass is 10.0. The van der Waals surface area contributed by atoms with Gasteiger partial charge in [0.2, 0.25) is 0 Å². The number of halogens is 2. The van der Waals surface area contributed by atoms with Crippen molar-refractivity contribution in [1.29, 1.82) is 0 Å². The molecule has 1 aromatic carbocycles. The molecule has 5 heteroatoms. The van der Waals surface area contributed by atoms with Crippen molar-refractivity contribution in [2.24, 2.45) is 0 Å². The van der Waals surface area contributed by atoms with E-state index in [-0.39, 0.29) is 5.02 Å². The zero-order valence-electron chi connectivity index (χ0n) is 10.7. The third kappa shape index (κ3) is 2.69. The van der Waals surface area contributed by atoms with E-state index in [1.165, 1.54) is 6.07 Å². The molecule has 2 rings (SSSR count). The normalized spacial score (nSPS) is 12.2. The van der Waals surface area contributed by atoms with Crippen LogP contribution in [0.3, 0.4) is 0 Å². The van der Waals surface area contributed by atoms with E-state index in [1.807, 2.05) is 0 Å². The van der Waals surface area contributed by atoms with Crippen LogP contribution >= 0.6 is 11.6 Å². The van der Waals surface area contributed by atoms with Gasteiger partial charge in [-0.2, -0.15) is 0 Å². The molecule has 1 heterocycles. The maximum atomic E-state index is 14.1. The number of ether oxygens (including phenoxy) is 1. The minimum absolute atomic E-state index is 0.0904. The second-order valence-corrected chi connectivity index (χ2v) is 4.36. The van der Waals surface area contributed by atoms with Crippen molar-refractivity contribution < 1.29 is 9.13 Å². The van der Waals surface area contributed by atoms with Gasteiger partial charge < -0.3 is 10.1 Å². The minimum Gasteiger partial charge on any atom is -0.495 e. The number of aromatic nitrogens is 1. The molecule has 1 aromatic heterocycles. The second kappa shape index (κ2) is 5.99. The number of hydrogen-bond donors (Lipinski definition) is 1. The largest absolute Gasteiger partial charge is 0.495 e. The van der Waals surface area contributed by atoms with E-state index >= 15 is 0 Å². The Hall–Kier alpha value is -1.65. The first-order valence-electron chi connectivity index (χ1n) is 5.79. The number of benzene rings is 1. The van der Waals surface area contributed by atoms with Crippen LogP contribution in [0.15, 0.2) is 36.5 Å². The number of nitrogens with zero attached hydrogens (tertiary/aromatic N) is 1. The van der Waals surface area contributed by atoms with Gasteiger partial charge >= 0.3 is 0 Å². The summed E-state index contributed by atoms with van der Waals surface area (Å²) in [6, 6.07) is 8.04. The molecule has 0 aliphatic rings. The third-order valence-electron chi connectivity index (χ3n) is 2.87. The van der Waals surface area contributed by atoms with Crippen LogP contribution in [-0.4, -0.2) is 19.1 Å². The van der Waals surface area contributed by atoms with Gasteiger partial charge in [-0.1, -0.05) is 23.7 Å². The van der Waals surface area contributed by atoms with Gasteiger partial charge in [-0.3, -0.25) is 4.98 Å². The lowest BCUT2D eigenvalue weighted by Gasteiger charge is -2.19. The third-order valence-corrected chi connectivity index (χ3v) is 3.17. The molecule has 0 saturated carbocycles. The first-order chi connectivity index (χ1) is 9.19. The Morgan fingerprint density at radius 1 is 1.32 bits per heavy atom. The summed E-state index contributed by atoms with van der Waals surface area (Å²) in [7, 11) is 3.29. The average Bonchev–Trinajstić information content (AvgIpc) is 2.45. The highest BCUT2D eigenvalue weighted by molar-refractivity contribution is 6.30. The van der Waals surface area contributed by atoms with Gasteiger partial charge in [0.1, 0.15) is 17.3 Å². The summed E-state index contributed by atoms with van der Waals surface area (Å²) in [5.74, 6) is 0.150. The number of hydrogen-bond acceptors (Lipinski definition) is 3. The monoisotopic (exact) mass is 280 g/mol. The molecule has 0 amide bonds. The van der Waals surface area contributed by atoms with Crippen molar-refractivity contribution in [2.45, 2.75) is 6.04 Å². The van der Waals surface area contributed by atoms with Crippen molar-refractivity contribution in [3.05, 3.63) is 58.6 Å². The second-order valence-electron chi connectivity index (χ2n) is 3.96. The van der Waals surface area contributed by atoms with Crippen LogP contribution in [0.1, 0.15) is 17.3 Å². The Morgan fingerprint density at radius 2 is 2.11 bits per heavy atom. The Bertz CT molecular complexity index is 577. The summed E-state index contributed by atoms with van der Waals surface area (Å²) in [6.07, 6.45) is 1.64. The molecular formula is C14H14ClFN2O. The quantitative estimate of drug-likeness (QED) is 0.934.